The molecule has 0 heterocycles. The van der Waals surface area contributed by atoms with Gasteiger partial charge in [0.25, 0.3) is 0 Å². The standard InChI is InChI=1S/C10H15NO/c1-3-10(12)8-6-7(2)4-5-9(8)11/h4-6,10,12H,3,11H2,1-2H3. The summed E-state index contributed by atoms with van der Waals surface area (Å²) in [4.78, 5) is 0. The molecule has 3 N–H and O–H groups in total. The zero-order valence-electron chi connectivity index (χ0n) is 7.54. The van der Waals surface area contributed by atoms with E-state index in [1.807, 2.05) is 32.0 Å². The topological polar surface area (TPSA) is 46.2 Å². The second kappa shape index (κ2) is 3.59. The van der Waals surface area contributed by atoms with Crippen LogP contribution in [0.3, 0.4) is 0 Å². The van der Waals surface area contributed by atoms with Crippen molar-refractivity contribution >= 4 is 5.69 Å². The Bertz CT molecular complexity index is 271. The van der Waals surface area contributed by atoms with Crippen LogP contribution >= 0.6 is 0 Å². The van der Waals surface area contributed by atoms with Gasteiger partial charge in [0.1, 0.15) is 0 Å². The molecular weight excluding hydrogens is 150 g/mol. The van der Waals surface area contributed by atoms with Gasteiger partial charge < -0.3 is 10.8 Å². The minimum absolute atomic E-state index is 0.426. The van der Waals surface area contributed by atoms with Crippen molar-refractivity contribution in [3.8, 4) is 0 Å². The second-order valence-electron chi connectivity index (χ2n) is 3.06. The predicted octanol–water partition coefficient (Wildman–Crippen LogP) is 2.02. The maximum absolute atomic E-state index is 9.55. The highest BCUT2D eigenvalue weighted by atomic mass is 16.3. The Morgan fingerprint density at radius 2 is 2.17 bits per heavy atom. The van der Waals surface area contributed by atoms with Gasteiger partial charge in [0.15, 0.2) is 0 Å². The summed E-state index contributed by atoms with van der Waals surface area (Å²) in [5.74, 6) is 0. The van der Waals surface area contributed by atoms with E-state index in [4.69, 9.17) is 5.73 Å². The first-order valence-corrected chi connectivity index (χ1v) is 4.19. The molecule has 1 rings (SSSR count). The molecule has 0 radical (unpaired) electrons. The summed E-state index contributed by atoms with van der Waals surface area (Å²) in [6.07, 6.45) is 0.276. The van der Waals surface area contributed by atoms with E-state index in [9.17, 15) is 5.11 Å². The molecular formula is C10H15NO. The van der Waals surface area contributed by atoms with Crippen LogP contribution in [0, 0.1) is 6.92 Å². The molecule has 0 aliphatic rings. The monoisotopic (exact) mass is 165 g/mol. The number of benzene rings is 1. The highest BCUT2D eigenvalue weighted by Crippen LogP contribution is 2.23. The first kappa shape index (κ1) is 9.07. The normalized spacial score (nSPS) is 12.9. The van der Waals surface area contributed by atoms with Gasteiger partial charge in [-0.25, -0.2) is 0 Å². The number of nitrogens with two attached hydrogens (primary N) is 1. The van der Waals surface area contributed by atoms with Gasteiger partial charge in [-0.15, -0.1) is 0 Å². The van der Waals surface area contributed by atoms with Gasteiger partial charge in [0.05, 0.1) is 6.10 Å². The summed E-state index contributed by atoms with van der Waals surface area (Å²) >= 11 is 0. The van der Waals surface area contributed by atoms with Gasteiger partial charge in [0, 0.05) is 11.3 Å². The number of aliphatic hydroxyl groups excluding tert-OH is 1. The minimum Gasteiger partial charge on any atom is -0.398 e. The van der Waals surface area contributed by atoms with Crippen LogP contribution in [0.4, 0.5) is 5.69 Å². The molecule has 1 aromatic carbocycles. The highest BCUT2D eigenvalue weighted by molar-refractivity contribution is 5.49. The van der Waals surface area contributed by atoms with Crippen LogP contribution in [0.5, 0.6) is 0 Å². The van der Waals surface area contributed by atoms with Crippen LogP contribution < -0.4 is 5.73 Å². The van der Waals surface area contributed by atoms with Crippen LogP contribution in [-0.2, 0) is 0 Å². The van der Waals surface area contributed by atoms with Crippen LogP contribution in [0.2, 0.25) is 0 Å². The quantitative estimate of drug-likeness (QED) is 0.658. The van der Waals surface area contributed by atoms with Gasteiger partial charge >= 0.3 is 0 Å². The van der Waals surface area contributed by atoms with Crippen LogP contribution in [0.1, 0.15) is 30.6 Å². The van der Waals surface area contributed by atoms with E-state index in [1.54, 1.807) is 0 Å². The molecule has 2 nitrogen and oxygen atoms in total. The zero-order chi connectivity index (χ0) is 9.14. The van der Waals surface area contributed by atoms with Crippen molar-refractivity contribution < 1.29 is 5.11 Å². The molecule has 0 saturated heterocycles. The highest BCUT2D eigenvalue weighted by Gasteiger charge is 2.07. The molecule has 1 aromatic rings. The summed E-state index contributed by atoms with van der Waals surface area (Å²) in [6.45, 7) is 3.93. The minimum atomic E-state index is -0.426. The first-order valence-electron chi connectivity index (χ1n) is 4.19. The summed E-state index contributed by atoms with van der Waals surface area (Å²) in [5, 5.41) is 9.55. The van der Waals surface area contributed by atoms with Gasteiger partial charge in [0.2, 0.25) is 0 Å². The lowest BCUT2D eigenvalue weighted by Crippen LogP contribution is -2.01. The van der Waals surface area contributed by atoms with E-state index in [0.717, 1.165) is 11.1 Å². The van der Waals surface area contributed by atoms with Gasteiger partial charge in [-0.3, -0.25) is 0 Å². The molecule has 0 aliphatic carbocycles. The molecule has 2 heteroatoms. The first-order chi connectivity index (χ1) is 5.65. The Morgan fingerprint density at radius 3 is 2.75 bits per heavy atom. The summed E-state index contributed by atoms with van der Waals surface area (Å²) < 4.78 is 0. The van der Waals surface area contributed by atoms with E-state index in [0.29, 0.717) is 12.1 Å². The number of anilines is 1. The van der Waals surface area contributed by atoms with Crippen LogP contribution in [0.15, 0.2) is 18.2 Å². The summed E-state index contributed by atoms with van der Waals surface area (Å²) in [6, 6.07) is 5.72. The van der Waals surface area contributed by atoms with Gasteiger partial charge in [-0.2, -0.15) is 0 Å². The molecule has 66 valence electrons. The SMILES string of the molecule is CCC(O)c1cc(C)ccc1N. The molecule has 1 unspecified atom stereocenters. The third-order valence-electron chi connectivity index (χ3n) is 1.99. The number of rotatable bonds is 2. The Morgan fingerprint density at radius 1 is 1.50 bits per heavy atom. The average molecular weight is 165 g/mol. The van der Waals surface area contributed by atoms with Gasteiger partial charge in [-0.1, -0.05) is 24.6 Å². The number of nitrogen functional groups attached to an aromatic ring is 1. The maximum Gasteiger partial charge on any atom is 0.0807 e. The molecule has 0 fully saturated rings. The molecule has 0 bridgehead atoms. The van der Waals surface area contributed by atoms with Crippen LogP contribution in [0.25, 0.3) is 0 Å². The Balaban J connectivity index is 3.04. The second-order valence-corrected chi connectivity index (χ2v) is 3.06. The molecule has 1 atom stereocenters. The number of hydrogen-bond donors (Lipinski definition) is 2. The zero-order valence-corrected chi connectivity index (χ0v) is 7.54. The lowest BCUT2D eigenvalue weighted by Gasteiger charge is -2.11. The largest absolute Gasteiger partial charge is 0.398 e. The predicted molar refractivity (Wildman–Crippen MR) is 50.8 cm³/mol. The van der Waals surface area contributed by atoms with E-state index < -0.39 is 6.10 Å². The number of aliphatic hydroxyl groups is 1. The van der Waals surface area contributed by atoms with Crippen molar-refractivity contribution in [2.24, 2.45) is 0 Å². The van der Waals surface area contributed by atoms with E-state index >= 15 is 0 Å². The van der Waals surface area contributed by atoms with Crippen molar-refractivity contribution in [1.29, 1.82) is 0 Å². The lowest BCUT2D eigenvalue weighted by molar-refractivity contribution is 0.174. The third kappa shape index (κ3) is 1.77. The number of hydrogen-bond acceptors (Lipinski definition) is 2. The van der Waals surface area contributed by atoms with Crippen molar-refractivity contribution in [3.63, 3.8) is 0 Å². The van der Waals surface area contributed by atoms with Gasteiger partial charge in [-0.05, 0) is 19.4 Å². The molecule has 0 spiro atoms. The maximum atomic E-state index is 9.55. The van der Waals surface area contributed by atoms with Crippen LogP contribution in [-0.4, -0.2) is 5.11 Å². The number of aryl methyl sites for hydroxylation is 1. The molecule has 0 aliphatic heterocycles. The molecule has 0 aromatic heterocycles. The Kier molecular flexibility index (Phi) is 2.71. The fourth-order valence-corrected chi connectivity index (χ4v) is 1.20. The molecule has 12 heavy (non-hydrogen) atoms. The van der Waals surface area contributed by atoms with Crippen molar-refractivity contribution in [2.45, 2.75) is 26.4 Å². The summed E-state index contributed by atoms with van der Waals surface area (Å²) in [5.41, 5.74) is 8.36. The smallest absolute Gasteiger partial charge is 0.0807 e. The van der Waals surface area contributed by atoms with E-state index in [-0.39, 0.29) is 0 Å². The third-order valence-corrected chi connectivity index (χ3v) is 1.99. The summed E-state index contributed by atoms with van der Waals surface area (Å²) in [7, 11) is 0. The Labute approximate surface area is 73.0 Å². The average Bonchev–Trinajstić information content (AvgIpc) is 2.08. The fraction of sp³-hybridized carbons (Fsp3) is 0.400. The lowest BCUT2D eigenvalue weighted by atomic mass is 10.0. The van der Waals surface area contributed by atoms with E-state index in [2.05, 4.69) is 0 Å². The Hall–Kier alpha value is -1.02. The molecule has 0 saturated carbocycles. The fourth-order valence-electron chi connectivity index (χ4n) is 1.20. The van der Waals surface area contributed by atoms with Crippen molar-refractivity contribution in [2.75, 3.05) is 5.73 Å². The molecule has 0 amide bonds. The van der Waals surface area contributed by atoms with Crippen molar-refractivity contribution in [1.82, 2.24) is 0 Å². The van der Waals surface area contributed by atoms with Crippen molar-refractivity contribution in [3.05, 3.63) is 29.3 Å². The van der Waals surface area contributed by atoms with E-state index in [1.165, 1.54) is 0 Å².